The van der Waals surface area contributed by atoms with Gasteiger partial charge in [0.15, 0.2) is 11.2 Å². The van der Waals surface area contributed by atoms with Gasteiger partial charge in [0.2, 0.25) is 0 Å². The van der Waals surface area contributed by atoms with E-state index in [1.54, 1.807) is 12.2 Å². The number of carbonyl (C=O) groups excluding carboxylic acids is 2. The third-order valence-electron chi connectivity index (χ3n) is 6.66. The highest BCUT2D eigenvalue weighted by molar-refractivity contribution is 9.12. The molecule has 0 fully saturated rings. The molecular weight excluding hydrogens is 792 g/mol. The number of allylic oxidation sites excluding steroid dienone is 2. The van der Waals surface area contributed by atoms with Crippen molar-refractivity contribution < 1.29 is 39.0 Å². The molecule has 2 aliphatic carbocycles. The van der Waals surface area contributed by atoms with E-state index in [4.69, 9.17) is 19.1 Å². The van der Waals surface area contributed by atoms with Crippen LogP contribution in [0.3, 0.4) is 0 Å². The molecule has 2 aliphatic heterocycles. The Bertz CT molecular complexity index is 1180. The highest BCUT2D eigenvalue weighted by atomic mass is 79.9. The van der Waals surface area contributed by atoms with Crippen molar-refractivity contribution in [1.29, 1.82) is 0 Å². The van der Waals surface area contributed by atoms with Crippen LogP contribution in [0.5, 0.6) is 0 Å². The quantitative estimate of drug-likeness (QED) is 0.259. The van der Waals surface area contributed by atoms with Gasteiger partial charge in [-0.25, -0.2) is 0 Å². The third kappa shape index (κ3) is 5.93. The summed E-state index contributed by atoms with van der Waals surface area (Å²) >= 11 is 13.4. The Morgan fingerprint density at radius 2 is 1.23 bits per heavy atom. The summed E-state index contributed by atoms with van der Waals surface area (Å²) in [7, 11) is 2.96. The van der Waals surface area contributed by atoms with Crippen LogP contribution in [0.4, 0.5) is 0 Å². The average Bonchev–Trinajstić information content (AvgIpc) is 3.54. The number of unbranched alkanes of at least 4 members (excludes halogenated alkanes) is 1. The van der Waals surface area contributed by atoms with E-state index in [1.807, 2.05) is 0 Å². The van der Waals surface area contributed by atoms with Crippen molar-refractivity contribution in [3.05, 3.63) is 41.6 Å². The molecular formula is C24H26Br4N4O8. The number of hydrogen-bond acceptors (Lipinski definition) is 10. The monoisotopic (exact) mass is 814 g/mol. The first kappa shape index (κ1) is 31.2. The van der Waals surface area contributed by atoms with Gasteiger partial charge in [0.05, 0.1) is 32.1 Å². The maximum absolute atomic E-state index is 12.6. The van der Waals surface area contributed by atoms with E-state index in [2.05, 4.69) is 84.7 Å². The molecule has 0 aromatic heterocycles. The summed E-state index contributed by atoms with van der Waals surface area (Å²) in [4.78, 5) is 36.2. The molecule has 4 N–H and O–H groups in total. The summed E-state index contributed by atoms with van der Waals surface area (Å²) < 4.78 is 12.4. The van der Waals surface area contributed by atoms with Crippen molar-refractivity contribution in [3.63, 3.8) is 0 Å². The first-order valence-corrected chi connectivity index (χ1v) is 15.2. The fourth-order valence-electron chi connectivity index (χ4n) is 4.50. The summed E-state index contributed by atoms with van der Waals surface area (Å²) in [6, 6.07) is 0. The molecule has 4 aliphatic rings. The zero-order valence-electron chi connectivity index (χ0n) is 21.3. The molecule has 0 saturated carbocycles. The molecule has 12 nitrogen and oxygen atoms in total. The number of hydrogen-bond donors (Lipinski definition) is 4. The number of aliphatic hydroxyl groups excluding tert-OH is 2. The highest BCUT2D eigenvalue weighted by Gasteiger charge is 2.51. The topological polar surface area (TPSA) is 160 Å². The fraction of sp³-hybridized carbons (Fsp3) is 0.500. The van der Waals surface area contributed by atoms with Crippen molar-refractivity contribution in [3.8, 4) is 0 Å². The Hall–Kier alpha value is -1.72. The van der Waals surface area contributed by atoms with Gasteiger partial charge in [0.1, 0.15) is 35.1 Å². The van der Waals surface area contributed by atoms with Crippen molar-refractivity contribution in [2.75, 3.05) is 27.3 Å². The second kappa shape index (κ2) is 12.7. The molecule has 2 heterocycles. The zero-order valence-corrected chi connectivity index (χ0v) is 27.6. The Balaban J connectivity index is 1.17. The van der Waals surface area contributed by atoms with Crippen LogP contribution in [0, 0.1) is 0 Å². The SMILES string of the molecule is COC1=C(Br)[C@@H](O)[C@]2(C=C1Br)CC(C(=O)NCCCCNC(=O)C1=NO[C@@]3(C=C(Br)C(OC)=C(Br)[C@H]3O)C1)=NO2. The zero-order chi connectivity index (χ0) is 29.2. The van der Waals surface area contributed by atoms with E-state index in [0.29, 0.717) is 55.4 Å². The highest BCUT2D eigenvalue weighted by Crippen LogP contribution is 2.45. The van der Waals surface area contributed by atoms with Crippen LogP contribution in [-0.4, -0.2) is 84.2 Å². The standard InChI is InChI=1S/C24H26Br4N4O8/c1-37-17-11(25)7-23(19(33)15(17)27)9-13(31-39-23)21(35)29-5-3-4-6-30-22(36)14-10-24(40-32-14)8-12(26)18(38-2)16(28)20(24)34/h7-8,19-20,33-34H,3-6,9-10H2,1-2H3,(H,29,35)(H,30,36)/t19-,20-,23+,24+/m1/s1. The Morgan fingerprint density at radius 1 is 0.850 bits per heavy atom. The molecule has 4 rings (SSSR count). The van der Waals surface area contributed by atoms with E-state index < -0.39 is 35.2 Å². The van der Waals surface area contributed by atoms with E-state index >= 15 is 0 Å². The normalized spacial score (nSPS) is 29.4. The number of halogens is 4. The molecule has 4 atom stereocenters. The van der Waals surface area contributed by atoms with Crippen molar-refractivity contribution in [2.45, 2.75) is 49.1 Å². The minimum atomic E-state index is -1.22. The van der Waals surface area contributed by atoms with E-state index in [-0.39, 0.29) is 24.3 Å². The summed E-state index contributed by atoms with van der Waals surface area (Å²) in [6.07, 6.45) is 2.37. The molecule has 218 valence electrons. The maximum atomic E-state index is 12.6. The maximum Gasteiger partial charge on any atom is 0.269 e. The minimum absolute atomic E-state index is 0.0720. The first-order valence-electron chi connectivity index (χ1n) is 12.1. The van der Waals surface area contributed by atoms with E-state index in [9.17, 15) is 19.8 Å². The Morgan fingerprint density at radius 3 is 1.57 bits per heavy atom. The summed E-state index contributed by atoms with van der Waals surface area (Å²) in [5.41, 5.74) is -2.13. The lowest BCUT2D eigenvalue weighted by Gasteiger charge is -2.33. The van der Waals surface area contributed by atoms with E-state index in [0.717, 1.165) is 0 Å². The van der Waals surface area contributed by atoms with Crippen LogP contribution in [0.15, 0.2) is 51.9 Å². The van der Waals surface area contributed by atoms with Crippen molar-refractivity contribution in [1.82, 2.24) is 10.6 Å². The molecule has 0 aromatic rings. The molecule has 0 radical (unpaired) electrons. The van der Waals surface area contributed by atoms with Crippen LogP contribution >= 0.6 is 63.7 Å². The van der Waals surface area contributed by atoms with Gasteiger partial charge in [-0.05, 0) is 88.7 Å². The third-order valence-corrected chi connectivity index (χ3v) is 9.43. The average molecular weight is 818 g/mol. The Labute approximate surface area is 263 Å². The van der Waals surface area contributed by atoms with Crippen LogP contribution in [0.2, 0.25) is 0 Å². The molecule has 0 saturated heterocycles. The number of ether oxygens (including phenoxy) is 2. The lowest BCUT2D eigenvalue weighted by atomic mass is 9.87. The van der Waals surface area contributed by atoms with Crippen LogP contribution in [-0.2, 0) is 28.7 Å². The van der Waals surface area contributed by atoms with Gasteiger partial charge in [-0.3, -0.25) is 9.59 Å². The summed E-state index contributed by atoms with van der Waals surface area (Å²) in [6.45, 7) is 0.696. The molecule has 2 spiro atoms. The largest absolute Gasteiger partial charge is 0.495 e. The minimum Gasteiger partial charge on any atom is -0.495 e. The number of oxime groups is 2. The number of carbonyl (C=O) groups is 2. The number of nitrogens with one attached hydrogen (secondary N) is 2. The van der Waals surface area contributed by atoms with Gasteiger partial charge in [-0.1, -0.05) is 10.3 Å². The summed E-state index contributed by atoms with van der Waals surface area (Å²) in [5, 5.41) is 34.8. The van der Waals surface area contributed by atoms with Gasteiger partial charge >= 0.3 is 0 Å². The van der Waals surface area contributed by atoms with Gasteiger partial charge in [0.25, 0.3) is 11.8 Å². The number of nitrogens with zero attached hydrogens (tertiary/aromatic N) is 2. The predicted molar refractivity (Wildman–Crippen MR) is 159 cm³/mol. The number of aliphatic hydroxyl groups is 2. The smallest absolute Gasteiger partial charge is 0.269 e. The Kier molecular flexibility index (Phi) is 9.87. The molecule has 0 bridgehead atoms. The van der Waals surface area contributed by atoms with Gasteiger partial charge in [-0.15, -0.1) is 0 Å². The molecule has 0 aromatic carbocycles. The molecule has 2 amide bonds. The van der Waals surface area contributed by atoms with Gasteiger partial charge in [-0.2, -0.15) is 0 Å². The van der Waals surface area contributed by atoms with Crippen LogP contribution < -0.4 is 10.6 Å². The second-order valence-electron chi connectivity index (χ2n) is 9.29. The lowest BCUT2D eigenvalue weighted by molar-refractivity contribution is -0.115. The first-order chi connectivity index (χ1) is 19.0. The predicted octanol–water partition coefficient (Wildman–Crippen LogP) is 2.84. The number of amides is 2. The number of rotatable bonds is 9. The van der Waals surface area contributed by atoms with Crippen LogP contribution in [0.25, 0.3) is 0 Å². The molecule has 0 unspecified atom stereocenters. The van der Waals surface area contributed by atoms with Crippen molar-refractivity contribution in [2.24, 2.45) is 10.3 Å². The lowest BCUT2D eigenvalue weighted by Crippen LogP contribution is -2.45. The fourth-order valence-corrected chi connectivity index (χ4v) is 8.08. The summed E-state index contributed by atoms with van der Waals surface area (Å²) in [5.74, 6) is 0.0579. The molecule has 16 heteroatoms. The molecule has 40 heavy (non-hydrogen) atoms. The van der Waals surface area contributed by atoms with Gasteiger partial charge < -0.3 is 40.0 Å². The van der Waals surface area contributed by atoms with Crippen molar-refractivity contribution >= 4 is 87.0 Å². The number of methoxy groups -OCH3 is 2. The van der Waals surface area contributed by atoms with Gasteiger partial charge in [0, 0.05) is 25.9 Å². The van der Waals surface area contributed by atoms with E-state index in [1.165, 1.54) is 14.2 Å². The van der Waals surface area contributed by atoms with Crippen LogP contribution in [0.1, 0.15) is 25.7 Å². The second-order valence-corrected chi connectivity index (χ2v) is 12.7.